The summed E-state index contributed by atoms with van der Waals surface area (Å²) < 4.78 is 136. The Morgan fingerprint density at radius 1 is 0.875 bits per heavy atom. The normalized spacial score (nSPS) is 27.0. The van der Waals surface area contributed by atoms with E-state index in [-0.39, 0.29) is 45.5 Å². The molecule has 10 atom stereocenters. The van der Waals surface area contributed by atoms with Gasteiger partial charge in [0.05, 0.1) is 34.7 Å². The number of allylic oxidation sites excluding steroid dienone is 4. The minimum Gasteiger partial charge on any atom is -0.744 e. The zero-order valence-electron chi connectivity index (χ0n) is 43.7. The van der Waals surface area contributed by atoms with Crippen LogP contribution in [-0.2, 0) is 72.0 Å². The van der Waals surface area contributed by atoms with E-state index in [1.54, 1.807) is 12.1 Å². The third kappa shape index (κ3) is 12.6. The number of nitrogen functional groups attached to an aromatic ring is 1. The van der Waals surface area contributed by atoms with Gasteiger partial charge in [0, 0.05) is 60.4 Å². The summed E-state index contributed by atoms with van der Waals surface area (Å²) in [6, 6.07) is 8.89. The summed E-state index contributed by atoms with van der Waals surface area (Å²) in [6.07, 6.45) is 5.70. The highest BCUT2D eigenvalue weighted by Crippen LogP contribution is 2.68. The van der Waals surface area contributed by atoms with Crippen molar-refractivity contribution in [3.63, 3.8) is 0 Å². The lowest BCUT2D eigenvalue weighted by molar-refractivity contribution is -0.438. The van der Waals surface area contributed by atoms with Crippen LogP contribution in [0.5, 0.6) is 0 Å². The maximum absolute atomic E-state index is 12.8. The number of phosphoric acid groups is 3. The van der Waals surface area contributed by atoms with Crippen molar-refractivity contribution in [3.8, 4) is 0 Å². The van der Waals surface area contributed by atoms with E-state index >= 15 is 0 Å². The third-order valence-corrected chi connectivity index (χ3v) is 21.1. The smallest absolute Gasteiger partial charge is 0.490 e. The van der Waals surface area contributed by atoms with Gasteiger partial charge in [-0.3, -0.25) is 23.0 Å². The molecule has 0 spiro atoms. The minimum absolute atomic E-state index is 0.0214. The van der Waals surface area contributed by atoms with Gasteiger partial charge in [0.15, 0.2) is 23.4 Å². The number of nitrogens with two attached hydrogens (primary N) is 1. The van der Waals surface area contributed by atoms with E-state index in [1.807, 2.05) is 45.9 Å². The lowest BCUT2D eigenvalue weighted by atomic mass is 9.57. The molecular weight excluding hydrogens is 1150 g/mol. The van der Waals surface area contributed by atoms with Crippen LogP contribution in [0.25, 0.3) is 11.2 Å². The predicted molar refractivity (Wildman–Crippen MR) is 284 cm³/mol. The fraction of sp³-hybridized carbons (Fsp3) is 0.511. The van der Waals surface area contributed by atoms with Crippen LogP contribution in [-0.4, -0.2) is 138 Å². The molecule has 0 radical (unpaired) electrons. The van der Waals surface area contributed by atoms with Crippen molar-refractivity contribution in [1.29, 1.82) is 0 Å². The van der Waals surface area contributed by atoms with Crippen molar-refractivity contribution in [2.45, 2.75) is 124 Å². The molecule has 1 fully saturated rings. The van der Waals surface area contributed by atoms with Gasteiger partial charge in [0.25, 0.3) is 10.1 Å². The second-order valence-corrected chi connectivity index (χ2v) is 27.4. The van der Waals surface area contributed by atoms with E-state index in [1.165, 1.54) is 35.2 Å². The van der Waals surface area contributed by atoms with Crippen LogP contribution < -0.4 is 16.0 Å². The van der Waals surface area contributed by atoms with Gasteiger partial charge in [-0.25, -0.2) is 37.1 Å². The zero-order valence-corrected chi connectivity index (χ0v) is 48.1. The zero-order chi connectivity index (χ0) is 58.4. The summed E-state index contributed by atoms with van der Waals surface area (Å²) >= 11 is 0. The number of aliphatic hydroxyl groups is 2. The molecule has 1 saturated heterocycles. The van der Waals surface area contributed by atoms with Gasteiger partial charge < -0.3 is 50.1 Å². The highest BCUT2D eigenvalue weighted by atomic mass is 32.2. The summed E-state index contributed by atoms with van der Waals surface area (Å²) in [5.41, 5.74) is 8.74. The highest BCUT2D eigenvalue weighted by molar-refractivity contribution is 7.86. The first-order valence-electron chi connectivity index (χ1n) is 25.4. The number of amides is 1. The molecule has 0 saturated carbocycles. The predicted octanol–water partition coefficient (Wildman–Crippen LogP) is 4.73. The van der Waals surface area contributed by atoms with E-state index in [2.05, 4.69) is 42.9 Å². The van der Waals surface area contributed by atoms with Crippen molar-refractivity contribution in [3.05, 3.63) is 84.1 Å². The number of hydrogen-bond donors (Lipinski definition) is 8. The molecule has 438 valence electrons. The number of likely N-dealkylation sites (N-methyl/N-ethyl adjacent to an activating group) is 1. The number of imidazole rings is 1. The largest absolute Gasteiger partial charge is 0.744 e. The highest BCUT2D eigenvalue weighted by Gasteiger charge is 2.60. The molecular formula is C47H63N8O20P3S2. The number of fused-ring (bicyclic) bond motifs is 7. The first-order valence-corrected chi connectivity index (χ1v) is 32.7. The van der Waals surface area contributed by atoms with Gasteiger partial charge in [-0.15, -0.1) is 0 Å². The molecule has 2 aromatic heterocycles. The number of anilines is 2. The number of nitrogens with one attached hydrogen (secondary N) is 1. The van der Waals surface area contributed by atoms with Gasteiger partial charge >= 0.3 is 23.5 Å². The molecule has 1 amide bonds. The molecule has 4 aromatic rings. The maximum atomic E-state index is 12.8. The Morgan fingerprint density at radius 2 is 1.55 bits per heavy atom. The van der Waals surface area contributed by atoms with Crippen LogP contribution in [0.3, 0.4) is 0 Å². The van der Waals surface area contributed by atoms with Crippen LogP contribution in [0.2, 0.25) is 0 Å². The van der Waals surface area contributed by atoms with Crippen LogP contribution in [0.15, 0.2) is 82.8 Å². The summed E-state index contributed by atoms with van der Waals surface area (Å²) in [5, 5.41) is 24.0. The number of carbonyl (C=O) groups excluding carboxylic acids is 1. The number of carbonyl (C=O) groups is 1. The van der Waals surface area contributed by atoms with Gasteiger partial charge in [0.2, 0.25) is 11.6 Å². The summed E-state index contributed by atoms with van der Waals surface area (Å²) in [7, 11) is -26.2. The number of aromatic nitrogens is 4. The average molecular weight is 1220 g/mol. The lowest BCUT2D eigenvalue weighted by Gasteiger charge is -2.44. The Morgan fingerprint density at radius 3 is 2.25 bits per heavy atom. The number of unbranched alkanes of at least 4 members (excludes halogenated alkanes) is 5. The minimum atomic E-state index is -5.82. The Bertz CT molecular complexity index is 3530. The van der Waals surface area contributed by atoms with Gasteiger partial charge in [-0.1, -0.05) is 25.8 Å². The SMILES string of the molecule is CCN1/C2=C/C=C/C3=[N+](CCCCCC(=O)NCCCCCCOP(=O)(O)OP(=O)(O)OP(=O)(O)OC[C@H]4O[C@@H](n5cnc6c(N)ncnc65)[C@H](O)[C@@H]4O)c4ccc(S(=O)(=O)[O-])cc4C3(C)C(C)C2(C)c2cc(S(=O)(=O)O)ccc21. The summed E-state index contributed by atoms with van der Waals surface area (Å²) in [6.45, 7) is 7.92. The molecule has 6 unspecified atom stereocenters. The molecule has 9 N–H and O–H groups in total. The van der Waals surface area contributed by atoms with E-state index in [9.17, 15) is 69.3 Å². The molecule has 4 aliphatic rings. The first kappa shape index (κ1) is 61.4. The number of nitrogens with zero attached hydrogens (tertiary/aromatic N) is 6. The Hall–Kier alpha value is -4.68. The fourth-order valence-corrected chi connectivity index (χ4v) is 15.6. The van der Waals surface area contributed by atoms with Crippen molar-refractivity contribution in [2.75, 3.05) is 43.5 Å². The molecule has 33 heteroatoms. The molecule has 1 aliphatic carbocycles. The quantitative estimate of drug-likeness (QED) is 0.0192. The molecule has 3 aliphatic heterocycles. The number of rotatable bonds is 25. The van der Waals surface area contributed by atoms with Gasteiger partial charge in [0.1, 0.15) is 46.8 Å². The first-order chi connectivity index (χ1) is 37.4. The third-order valence-electron chi connectivity index (χ3n) is 15.2. The Kier molecular flexibility index (Phi) is 18.1. The van der Waals surface area contributed by atoms with Gasteiger partial charge in [-0.2, -0.15) is 21.6 Å². The lowest BCUT2D eigenvalue weighted by Crippen LogP contribution is -2.49. The molecule has 5 heterocycles. The van der Waals surface area contributed by atoms with Crippen LogP contribution in [0.1, 0.15) is 96.4 Å². The van der Waals surface area contributed by atoms with E-state index in [4.69, 9.17) is 15.0 Å². The molecule has 2 aromatic carbocycles. The fourth-order valence-electron chi connectivity index (χ4n) is 11.0. The molecule has 8 rings (SSSR count). The van der Waals surface area contributed by atoms with Crippen molar-refractivity contribution in [1.82, 2.24) is 24.8 Å². The van der Waals surface area contributed by atoms with Crippen LogP contribution in [0.4, 0.5) is 17.2 Å². The molecule has 0 bridgehead atoms. The number of phosphoric ester groups is 2. The topological polar surface area (TPSA) is 415 Å². The average Bonchev–Trinajstić information content (AvgIpc) is 3.69. The molecule has 80 heavy (non-hydrogen) atoms. The maximum Gasteiger partial charge on any atom is 0.490 e. The second-order valence-electron chi connectivity index (χ2n) is 20.0. The van der Waals surface area contributed by atoms with Gasteiger partial charge in [-0.05, 0) is 94.3 Å². The molecule has 28 nitrogen and oxygen atoms in total. The van der Waals surface area contributed by atoms with Crippen molar-refractivity contribution in [2.24, 2.45) is 5.92 Å². The van der Waals surface area contributed by atoms with Crippen molar-refractivity contribution < 1.29 is 96.3 Å². The second kappa shape index (κ2) is 23.5. The standard InChI is InChI=1S/C47H63N8O20P3S2/c1-5-53-34-19-17-30(79(65,66)67)24-32(34)46(3)29(2)47(4)33-25-31(80(68,69)70)18-20-35(33)54(38(47)15-13-14-37(46)53)22-11-8-9-16-39(56)49-21-10-6-7-12-23-71-76(59,60)74-78(63,64)75-77(61,62)72-26-36-41(57)42(58)45(73-36)55-28-52-40-43(48)50-27-51-44(40)55/h13-15,17-20,24-25,27-29,36,41-42,45,57-58H,5-12,16,21-23,26H2,1-4H3,(H7-,48,49,50,51,56,59,60,61,62,63,64,65,66,67,68,69,70)/t29?,36-,41-,42-,45-,46?,47?/m1/s1. The number of aliphatic hydroxyl groups excluding tert-OH is 2. The number of benzene rings is 2. The van der Waals surface area contributed by atoms with E-state index < -0.39 is 98.2 Å². The number of hydrogen-bond acceptors (Lipinski definition) is 21. The Balaban J connectivity index is 0.766. The van der Waals surface area contributed by atoms with Crippen LogP contribution >= 0.6 is 23.5 Å². The number of ether oxygens (including phenoxy) is 1. The summed E-state index contributed by atoms with van der Waals surface area (Å²) in [4.78, 5) is 56.2. The van der Waals surface area contributed by atoms with Crippen molar-refractivity contribution >= 4 is 83.7 Å². The summed E-state index contributed by atoms with van der Waals surface area (Å²) in [5.74, 6) is -0.548. The van der Waals surface area contributed by atoms with E-state index in [0.29, 0.717) is 75.0 Å². The monoisotopic (exact) mass is 1220 g/mol. The Labute approximate surface area is 460 Å². The van der Waals surface area contributed by atoms with E-state index in [0.717, 1.165) is 23.4 Å². The van der Waals surface area contributed by atoms with Crippen LogP contribution in [0, 0.1) is 5.92 Å².